The summed E-state index contributed by atoms with van der Waals surface area (Å²) in [5, 5.41) is 13.1. The van der Waals surface area contributed by atoms with Crippen molar-refractivity contribution in [1.29, 1.82) is 0 Å². The highest BCUT2D eigenvalue weighted by Crippen LogP contribution is 2.17. The van der Waals surface area contributed by atoms with E-state index in [0.29, 0.717) is 25.8 Å². The average molecular weight is 270 g/mol. The molecule has 0 aliphatic heterocycles. The minimum absolute atomic E-state index is 0.395. The van der Waals surface area contributed by atoms with E-state index in [2.05, 4.69) is 10.3 Å². The van der Waals surface area contributed by atoms with Gasteiger partial charge >= 0.3 is 0 Å². The molecule has 5 heteroatoms. The van der Waals surface area contributed by atoms with Gasteiger partial charge in [0.25, 0.3) is 0 Å². The molecule has 1 atom stereocenters. The maximum atomic E-state index is 9.73. The molecular formula is C13H22N2O2S. The Bertz CT molecular complexity index is 353. The maximum Gasteiger partial charge on any atom is 0.0897 e. The molecule has 0 bridgehead atoms. The zero-order valence-electron chi connectivity index (χ0n) is 10.9. The van der Waals surface area contributed by atoms with Crippen LogP contribution in [-0.4, -0.2) is 42.0 Å². The number of aryl methyl sites for hydroxylation is 1. The second-order valence-corrected chi connectivity index (χ2v) is 5.82. The number of thiazole rings is 1. The summed E-state index contributed by atoms with van der Waals surface area (Å²) in [6, 6.07) is 0.625. The molecule has 2 N–H and O–H groups in total. The molecule has 0 spiro atoms. The predicted octanol–water partition coefficient (Wildman–Crippen LogP) is 1.51. The number of hydrogen-bond donors (Lipinski definition) is 2. The fraction of sp³-hybridized carbons (Fsp3) is 0.769. The summed E-state index contributed by atoms with van der Waals surface area (Å²) in [5.74, 6) is 0. The van der Waals surface area contributed by atoms with Crippen LogP contribution in [0.2, 0.25) is 0 Å². The van der Waals surface area contributed by atoms with Crippen LogP contribution in [0.5, 0.6) is 0 Å². The molecule has 2 rings (SSSR count). The third kappa shape index (κ3) is 4.31. The zero-order chi connectivity index (χ0) is 12.8. The van der Waals surface area contributed by atoms with Gasteiger partial charge in [0.05, 0.1) is 30.5 Å². The quantitative estimate of drug-likeness (QED) is 0.703. The molecule has 0 saturated heterocycles. The van der Waals surface area contributed by atoms with Crippen molar-refractivity contribution in [2.75, 3.05) is 19.8 Å². The van der Waals surface area contributed by atoms with Crippen molar-refractivity contribution in [3.63, 3.8) is 0 Å². The highest BCUT2D eigenvalue weighted by atomic mass is 32.1. The molecule has 102 valence electrons. The number of nitrogens with zero attached hydrogens (tertiary/aromatic N) is 1. The first kappa shape index (κ1) is 13.9. The predicted molar refractivity (Wildman–Crippen MR) is 73.0 cm³/mol. The van der Waals surface area contributed by atoms with E-state index in [1.54, 1.807) is 11.3 Å². The van der Waals surface area contributed by atoms with E-state index in [-0.39, 0.29) is 0 Å². The second-order valence-electron chi connectivity index (χ2n) is 4.88. The van der Waals surface area contributed by atoms with Crippen LogP contribution in [0.4, 0.5) is 0 Å². The molecule has 1 unspecified atom stereocenters. The van der Waals surface area contributed by atoms with Crippen LogP contribution < -0.4 is 5.32 Å². The van der Waals surface area contributed by atoms with Crippen LogP contribution >= 0.6 is 11.3 Å². The van der Waals surface area contributed by atoms with E-state index in [4.69, 9.17) is 4.74 Å². The lowest BCUT2D eigenvalue weighted by Gasteiger charge is -2.27. The molecule has 0 aromatic carbocycles. The summed E-state index contributed by atoms with van der Waals surface area (Å²) in [5.41, 5.74) is 2.96. The van der Waals surface area contributed by atoms with Crippen LogP contribution in [-0.2, 0) is 11.2 Å². The fourth-order valence-electron chi connectivity index (χ4n) is 1.92. The highest BCUT2D eigenvalue weighted by molar-refractivity contribution is 7.09. The summed E-state index contributed by atoms with van der Waals surface area (Å²) in [7, 11) is 0. The van der Waals surface area contributed by atoms with Crippen molar-refractivity contribution >= 4 is 11.3 Å². The molecule has 18 heavy (non-hydrogen) atoms. The molecule has 1 fully saturated rings. The summed E-state index contributed by atoms with van der Waals surface area (Å²) in [6.45, 7) is 3.73. The maximum absolute atomic E-state index is 9.73. The van der Waals surface area contributed by atoms with E-state index >= 15 is 0 Å². The normalized spacial score (nSPS) is 17.7. The van der Waals surface area contributed by atoms with E-state index < -0.39 is 6.10 Å². The van der Waals surface area contributed by atoms with Gasteiger partial charge in [-0.3, -0.25) is 0 Å². The standard InChI is InChI=1S/C13H22N2O2S/c1-10-13(18-9-15-10)5-6-17-8-12(16)7-14-11-3-2-4-11/h9,11-12,14,16H,2-8H2,1H3. The number of aromatic nitrogens is 1. The number of hydrogen-bond acceptors (Lipinski definition) is 5. The van der Waals surface area contributed by atoms with Gasteiger partial charge in [0, 0.05) is 23.9 Å². The van der Waals surface area contributed by atoms with Crippen molar-refractivity contribution in [2.24, 2.45) is 0 Å². The van der Waals surface area contributed by atoms with E-state index in [1.165, 1.54) is 24.1 Å². The summed E-state index contributed by atoms with van der Waals surface area (Å²) < 4.78 is 5.50. The highest BCUT2D eigenvalue weighted by Gasteiger charge is 2.17. The van der Waals surface area contributed by atoms with Crippen molar-refractivity contribution in [3.05, 3.63) is 16.1 Å². The monoisotopic (exact) mass is 270 g/mol. The third-order valence-electron chi connectivity index (χ3n) is 3.38. The van der Waals surface area contributed by atoms with E-state index in [0.717, 1.165) is 12.1 Å². The third-order valence-corrected chi connectivity index (χ3v) is 4.37. The Morgan fingerprint density at radius 1 is 1.61 bits per heavy atom. The van der Waals surface area contributed by atoms with Crippen molar-refractivity contribution in [1.82, 2.24) is 10.3 Å². The van der Waals surface area contributed by atoms with Gasteiger partial charge in [-0.05, 0) is 19.8 Å². The molecule has 1 aliphatic carbocycles. The van der Waals surface area contributed by atoms with Gasteiger partial charge in [-0.25, -0.2) is 4.98 Å². The van der Waals surface area contributed by atoms with Crippen LogP contribution in [0.25, 0.3) is 0 Å². The SMILES string of the molecule is Cc1ncsc1CCOCC(O)CNC1CCC1. The first-order chi connectivity index (χ1) is 8.75. The van der Waals surface area contributed by atoms with Gasteiger partial charge < -0.3 is 15.2 Å². The van der Waals surface area contributed by atoms with Crippen molar-refractivity contribution in [3.8, 4) is 0 Å². The van der Waals surface area contributed by atoms with Gasteiger partial charge in [-0.2, -0.15) is 0 Å². The first-order valence-electron chi connectivity index (χ1n) is 6.64. The Hall–Kier alpha value is -0.490. The molecule has 4 nitrogen and oxygen atoms in total. The summed E-state index contributed by atoms with van der Waals surface area (Å²) >= 11 is 1.67. The molecule has 0 radical (unpaired) electrons. The van der Waals surface area contributed by atoms with Gasteiger partial charge in [0.15, 0.2) is 0 Å². The van der Waals surface area contributed by atoms with Gasteiger partial charge in [-0.15, -0.1) is 11.3 Å². The molecular weight excluding hydrogens is 248 g/mol. The van der Waals surface area contributed by atoms with Gasteiger partial charge in [0.2, 0.25) is 0 Å². The number of rotatable bonds is 8. The van der Waals surface area contributed by atoms with E-state index in [9.17, 15) is 5.11 Å². The Kier molecular flexibility index (Phi) is 5.56. The second kappa shape index (κ2) is 7.19. The van der Waals surface area contributed by atoms with Gasteiger partial charge in [0.1, 0.15) is 0 Å². The van der Waals surface area contributed by atoms with Crippen molar-refractivity contribution in [2.45, 2.75) is 44.8 Å². The Balaban J connectivity index is 1.50. The topological polar surface area (TPSA) is 54.4 Å². The molecule has 1 heterocycles. The van der Waals surface area contributed by atoms with Crippen LogP contribution in [0, 0.1) is 6.92 Å². The lowest BCUT2D eigenvalue weighted by molar-refractivity contribution is 0.0356. The van der Waals surface area contributed by atoms with E-state index in [1.807, 2.05) is 12.4 Å². The Morgan fingerprint density at radius 3 is 3.06 bits per heavy atom. The largest absolute Gasteiger partial charge is 0.389 e. The number of aliphatic hydroxyl groups is 1. The molecule has 1 aliphatic rings. The van der Waals surface area contributed by atoms with Gasteiger partial charge in [-0.1, -0.05) is 6.42 Å². The molecule has 1 saturated carbocycles. The molecule has 0 amide bonds. The molecule has 1 aromatic heterocycles. The van der Waals surface area contributed by atoms with Crippen LogP contribution in [0.3, 0.4) is 0 Å². The van der Waals surface area contributed by atoms with Crippen LogP contribution in [0.15, 0.2) is 5.51 Å². The lowest BCUT2D eigenvalue weighted by atomic mass is 9.93. The first-order valence-corrected chi connectivity index (χ1v) is 7.52. The van der Waals surface area contributed by atoms with Crippen LogP contribution in [0.1, 0.15) is 29.8 Å². The fourth-order valence-corrected chi connectivity index (χ4v) is 2.69. The minimum Gasteiger partial charge on any atom is -0.389 e. The number of aliphatic hydroxyl groups excluding tert-OH is 1. The lowest BCUT2D eigenvalue weighted by Crippen LogP contribution is -2.41. The number of nitrogens with one attached hydrogen (secondary N) is 1. The molecule has 1 aromatic rings. The van der Waals surface area contributed by atoms with Crippen molar-refractivity contribution < 1.29 is 9.84 Å². The zero-order valence-corrected chi connectivity index (χ0v) is 11.7. The Morgan fingerprint density at radius 2 is 2.44 bits per heavy atom. The summed E-state index contributed by atoms with van der Waals surface area (Å²) in [4.78, 5) is 5.47. The summed E-state index contributed by atoms with van der Waals surface area (Å²) in [6.07, 6.45) is 4.31. The minimum atomic E-state index is -0.395. The average Bonchev–Trinajstić information content (AvgIpc) is 2.68. The smallest absolute Gasteiger partial charge is 0.0897 e. The number of ether oxygens (including phenoxy) is 1. The Labute approximate surface area is 112 Å².